The van der Waals surface area contributed by atoms with Gasteiger partial charge in [0.25, 0.3) is 0 Å². The van der Waals surface area contributed by atoms with E-state index in [-0.39, 0.29) is 0 Å². The highest BCUT2D eigenvalue weighted by Crippen LogP contribution is 2.36. The quantitative estimate of drug-likeness (QED) is 0.353. The lowest BCUT2D eigenvalue weighted by molar-refractivity contribution is 1.50. The summed E-state index contributed by atoms with van der Waals surface area (Å²) >= 11 is 1.87. The van der Waals surface area contributed by atoms with Gasteiger partial charge in [-0.25, -0.2) is 0 Å². The first-order valence-corrected chi connectivity index (χ1v) is 8.61. The summed E-state index contributed by atoms with van der Waals surface area (Å²) < 4.78 is 2.74. The van der Waals surface area contributed by atoms with Gasteiger partial charge in [0.15, 0.2) is 0 Å². The van der Waals surface area contributed by atoms with Crippen LogP contribution in [0.5, 0.6) is 0 Å². The van der Waals surface area contributed by atoms with E-state index in [2.05, 4.69) is 73.7 Å². The molecule has 4 rings (SSSR count). The molecule has 110 valence electrons. The van der Waals surface area contributed by atoms with Crippen LogP contribution in [0.15, 0.2) is 66.7 Å². The summed E-state index contributed by atoms with van der Waals surface area (Å²) in [5.74, 6) is 0. The highest BCUT2D eigenvalue weighted by Gasteiger charge is 2.06. The summed E-state index contributed by atoms with van der Waals surface area (Å²) in [6.07, 6.45) is 0. The summed E-state index contributed by atoms with van der Waals surface area (Å²) in [4.78, 5) is 0. The molecule has 1 heteroatoms. The minimum atomic E-state index is 1.28. The van der Waals surface area contributed by atoms with Gasteiger partial charge in [0.2, 0.25) is 0 Å². The fraction of sp³-hybridized carbons (Fsp3) is 0.143. The van der Waals surface area contributed by atoms with Crippen molar-refractivity contribution in [3.8, 4) is 11.1 Å². The molecule has 0 N–H and O–H groups in total. The van der Waals surface area contributed by atoms with Gasteiger partial charge in [-0.05, 0) is 42.3 Å². The highest BCUT2D eigenvalue weighted by molar-refractivity contribution is 7.25. The Balaban J connectivity index is 0.000000693. The third kappa shape index (κ3) is 2.65. The second kappa shape index (κ2) is 6.33. The molecule has 0 saturated heterocycles. The van der Waals surface area contributed by atoms with Gasteiger partial charge in [-0.1, -0.05) is 61.9 Å². The molecule has 0 aliphatic rings. The maximum absolute atomic E-state index is 2.32. The Labute approximate surface area is 136 Å². The largest absolute Gasteiger partial charge is 0.135 e. The molecular weight excluding hydrogens is 284 g/mol. The van der Waals surface area contributed by atoms with Gasteiger partial charge in [0.05, 0.1) is 0 Å². The van der Waals surface area contributed by atoms with E-state index in [1.807, 2.05) is 25.2 Å². The third-order valence-corrected chi connectivity index (χ3v) is 4.88. The molecule has 0 aliphatic heterocycles. The van der Waals surface area contributed by atoms with Gasteiger partial charge in [-0.3, -0.25) is 0 Å². The Morgan fingerprint density at radius 3 is 2.00 bits per heavy atom. The van der Waals surface area contributed by atoms with Crippen molar-refractivity contribution >= 4 is 31.5 Å². The summed E-state index contributed by atoms with van der Waals surface area (Å²) in [5.41, 5.74) is 3.89. The average Bonchev–Trinajstić information content (AvgIpc) is 2.94. The van der Waals surface area contributed by atoms with Crippen molar-refractivity contribution in [1.82, 2.24) is 0 Å². The van der Waals surface area contributed by atoms with Crippen LogP contribution in [0.25, 0.3) is 31.3 Å². The van der Waals surface area contributed by atoms with Crippen molar-refractivity contribution < 1.29 is 0 Å². The van der Waals surface area contributed by atoms with E-state index in [4.69, 9.17) is 0 Å². The minimum Gasteiger partial charge on any atom is -0.135 e. The van der Waals surface area contributed by atoms with E-state index >= 15 is 0 Å². The van der Waals surface area contributed by atoms with Crippen LogP contribution < -0.4 is 0 Å². The van der Waals surface area contributed by atoms with Crippen LogP contribution in [0.1, 0.15) is 19.4 Å². The SMILES string of the molecule is CC.Cc1ccc2sc3ccc(-c4ccccc4)cc3c2c1. The Morgan fingerprint density at radius 2 is 1.27 bits per heavy atom. The summed E-state index contributed by atoms with van der Waals surface area (Å²) in [6.45, 7) is 6.16. The van der Waals surface area contributed by atoms with Crippen molar-refractivity contribution in [3.05, 3.63) is 72.3 Å². The molecule has 0 nitrogen and oxygen atoms in total. The Kier molecular flexibility index (Phi) is 4.26. The third-order valence-electron chi connectivity index (χ3n) is 3.73. The molecule has 4 aromatic rings. The standard InChI is InChI=1S/C19H14S.C2H6/c1-13-7-9-18-16(11-13)17-12-15(8-10-19(17)20-18)14-5-3-2-4-6-14;1-2/h2-12H,1H3;1-2H3. The van der Waals surface area contributed by atoms with E-state index < -0.39 is 0 Å². The van der Waals surface area contributed by atoms with E-state index in [9.17, 15) is 0 Å². The zero-order valence-corrected chi connectivity index (χ0v) is 14.1. The zero-order chi connectivity index (χ0) is 15.5. The predicted octanol–water partition coefficient (Wildman–Crippen LogP) is 7.06. The summed E-state index contributed by atoms with van der Waals surface area (Å²) in [6, 6.07) is 24.1. The van der Waals surface area contributed by atoms with Crippen molar-refractivity contribution in [3.63, 3.8) is 0 Å². The molecule has 0 amide bonds. The summed E-state index contributed by atoms with van der Waals surface area (Å²) in [7, 11) is 0. The Hall–Kier alpha value is -2.12. The molecule has 1 heterocycles. The molecule has 0 radical (unpaired) electrons. The van der Waals surface area contributed by atoms with Gasteiger partial charge in [-0.15, -0.1) is 11.3 Å². The lowest BCUT2D eigenvalue weighted by atomic mass is 10.0. The van der Waals surface area contributed by atoms with Crippen LogP contribution in [0.3, 0.4) is 0 Å². The van der Waals surface area contributed by atoms with Crippen LogP contribution in [-0.4, -0.2) is 0 Å². The topological polar surface area (TPSA) is 0 Å². The molecule has 22 heavy (non-hydrogen) atoms. The van der Waals surface area contributed by atoms with Gasteiger partial charge >= 0.3 is 0 Å². The van der Waals surface area contributed by atoms with Gasteiger partial charge < -0.3 is 0 Å². The molecule has 0 fully saturated rings. The number of rotatable bonds is 1. The van der Waals surface area contributed by atoms with Gasteiger partial charge in [0, 0.05) is 20.2 Å². The van der Waals surface area contributed by atoms with Crippen LogP contribution in [0.4, 0.5) is 0 Å². The van der Waals surface area contributed by atoms with Crippen molar-refractivity contribution in [1.29, 1.82) is 0 Å². The Bertz CT molecular complexity index is 901. The molecule has 0 unspecified atom stereocenters. The zero-order valence-electron chi connectivity index (χ0n) is 13.3. The first kappa shape index (κ1) is 14.8. The number of benzene rings is 3. The van der Waals surface area contributed by atoms with E-state index in [1.165, 1.54) is 36.9 Å². The molecule has 0 saturated carbocycles. The minimum absolute atomic E-state index is 1.28. The number of hydrogen-bond donors (Lipinski definition) is 0. The molecular formula is C21H20S. The number of hydrogen-bond acceptors (Lipinski definition) is 1. The fourth-order valence-corrected chi connectivity index (χ4v) is 3.77. The van der Waals surface area contributed by atoms with Gasteiger partial charge in [0.1, 0.15) is 0 Å². The fourth-order valence-electron chi connectivity index (χ4n) is 2.70. The van der Waals surface area contributed by atoms with Crippen LogP contribution in [-0.2, 0) is 0 Å². The maximum atomic E-state index is 2.32. The van der Waals surface area contributed by atoms with E-state index in [0.717, 1.165) is 0 Å². The van der Waals surface area contributed by atoms with Gasteiger partial charge in [-0.2, -0.15) is 0 Å². The maximum Gasteiger partial charge on any atom is 0.0355 e. The van der Waals surface area contributed by atoms with Crippen molar-refractivity contribution in [2.75, 3.05) is 0 Å². The molecule has 0 bridgehead atoms. The first-order chi connectivity index (χ1) is 10.8. The second-order valence-corrected chi connectivity index (χ2v) is 6.26. The number of thiophene rings is 1. The average molecular weight is 304 g/mol. The van der Waals surface area contributed by atoms with Crippen LogP contribution in [0.2, 0.25) is 0 Å². The second-order valence-electron chi connectivity index (χ2n) is 5.18. The van der Waals surface area contributed by atoms with E-state index in [0.29, 0.717) is 0 Å². The lowest BCUT2D eigenvalue weighted by Gasteiger charge is -2.02. The number of fused-ring (bicyclic) bond motifs is 3. The van der Waals surface area contributed by atoms with Crippen molar-refractivity contribution in [2.45, 2.75) is 20.8 Å². The molecule has 0 spiro atoms. The summed E-state index contributed by atoms with van der Waals surface area (Å²) in [5, 5.41) is 2.75. The first-order valence-electron chi connectivity index (χ1n) is 7.79. The van der Waals surface area contributed by atoms with Crippen LogP contribution >= 0.6 is 11.3 Å². The molecule has 0 aliphatic carbocycles. The predicted molar refractivity (Wildman–Crippen MR) is 101 cm³/mol. The lowest BCUT2D eigenvalue weighted by Crippen LogP contribution is -1.76. The Morgan fingerprint density at radius 1 is 0.636 bits per heavy atom. The highest BCUT2D eigenvalue weighted by atomic mass is 32.1. The number of aryl methyl sites for hydroxylation is 1. The molecule has 3 aromatic carbocycles. The van der Waals surface area contributed by atoms with Crippen molar-refractivity contribution in [2.24, 2.45) is 0 Å². The normalized spacial score (nSPS) is 10.5. The molecule has 1 aromatic heterocycles. The van der Waals surface area contributed by atoms with Crippen LogP contribution in [0, 0.1) is 6.92 Å². The smallest absolute Gasteiger partial charge is 0.0355 e. The monoisotopic (exact) mass is 304 g/mol. The van der Waals surface area contributed by atoms with E-state index in [1.54, 1.807) is 0 Å². The molecule has 0 atom stereocenters.